The maximum Gasteiger partial charge on any atom is 0.335 e. The van der Waals surface area contributed by atoms with Crippen LogP contribution in [0, 0.1) is 11.3 Å². The van der Waals surface area contributed by atoms with Crippen LogP contribution in [0.5, 0.6) is 0 Å². The monoisotopic (exact) mass is 323 g/mol. The predicted octanol–water partition coefficient (Wildman–Crippen LogP) is 3.44. The van der Waals surface area contributed by atoms with E-state index in [0.29, 0.717) is 11.1 Å². The Morgan fingerprint density at radius 3 is 2.70 bits per heavy atom. The normalized spacial score (nSPS) is 10.6. The zero-order chi connectivity index (χ0) is 16.4. The van der Waals surface area contributed by atoms with Crippen molar-refractivity contribution in [3.63, 3.8) is 0 Å². The maximum atomic E-state index is 11.0. The van der Waals surface area contributed by atoms with Crippen LogP contribution < -0.4 is 0 Å². The van der Waals surface area contributed by atoms with Crippen LogP contribution in [0.3, 0.4) is 0 Å². The molecule has 0 aliphatic heterocycles. The first-order valence-electron chi connectivity index (χ1n) is 6.90. The fourth-order valence-corrected chi connectivity index (χ4v) is 3.21. The topological polar surface area (TPSA) is 78.9 Å². The Labute approximate surface area is 137 Å². The molecular weight excluding hydrogens is 310 g/mol. The Balaban J connectivity index is 1.83. The summed E-state index contributed by atoms with van der Waals surface area (Å²) in [6, 6.07) is 14.5. The second kappa shape index (κ2) is 6.15. The van der Waals surface area contributed by atoms with E-state index >= 15 is 0 Å². The lowest BCUT2D eigenvalue weighted by atomic mass is 10.2. The second-order valence-electron chi connectivity index (χ2n) is 5.06. The van der Waals surface area contributed by atoms with E-state index in [1.807, 2.05) is 23.7 Å². The Morgan fingerprint density at radius 2 is 2.04 bits per heavy atom. The van der Waals surface area contributed by atoms with Crippen molar-refractivity contribution in [3.05, 3.63) is 59.2 Å². The van der Waals surface area contributed by atoms with E-state index in [2.05, 4.69) is 11.1 Å². The van der Waals surface area contributed by atoms with Gasteiger partial charge in [0.25, 0.3) is 0 Å². The molecule has 1 aromatic heterocycles. The number of carbonyl (C=O) groups is 1. The molecule has 6 heteroatoms. The number of hydrogen-bond acceptors (Lipinski definition) is 4. The summed E-state index contributed by atoms with van der Waals surface area (Å²) in [6.07, 6.45) is 0. The van der Waals surface area contributed by atoms with Crippen molar-refractivity contribution < 1.29 is 9.90 Å². The van der Waals surface area contributed by atoms with Crippen LogP contribution >= 0.6 is 11.8 Å². The largest absolute Gasteiger partial charge is 0.478 e. The van der Waals surface area contributed by atoms with Crippen molar-refractivity contribution in [1.29, 1.82) is 5.26 Å². The summed E-state index contributed by atoms with van der Waals surface area (Å²) in [5.74, 6) is -0.224. The van der Waals surface area contributed by atoms with Gasteiger partial charge in [-0.15, -0.1) is 0 Å². The molecule has 114 valence electrons. The summed E-state index contributed by atoms with van der Waals surface area (Å²) >= 11 is 1.58. The van der Waals surface area contributed by atoms with Gasteiger partial charge in [0.2, 0.25) is 0 Å². The molecule has 23 heavy (non-hydrogen) atoms. The summed E-state index contributed by atoms with van der Waals surface area (Å²) < 4.78 is 1.95. The quantitative estimate of drug-likeness (QED) is 0.744. The van der Waals surface area contributed by atoms with Gasteiger partial charge in [0, 0.05) is 12.8 Å². The van der Waals surface area contributed by atoms with Crippen LogP contribution in [0.2, 0.25) is 0 Å². The number of carboxylic acids is 1. The highest BCUT2D eigenvalue weighted by Gasteiger charge is 2.11. The third kappa shape index (κ3) is 3.05. The second-order valence-corrected chi connectivity index (χ2v) is 6.00. The fourth-order valence-electron chi connectivity index (χ4n) is 2.26. The first-order chi connectivity index (χ1) is 11.1. The molecule has 0 bridgehead atoms. The molecule has 0 saturated heterocycles. The number of fused-ring (bicyclic) bond motifs is 1. The number of hydrogen-bond donors (Lipinski definition) is 1. The Hall–Kier alpha value is -2.78. The standard InChI is InChI=1S/C17H13N3O2S/c1-20-15-7-6-13(16(21)22)8-14(15)19-17(20)23-10-12-4-2-11(9-18)3-5-12/h2-8H,10H2,1H3,(H,21,22). The van der Waals surface area contributed by atoms with Gasteiger partial charge in [0.1, 0.15) is 0 Å². The lowest BCUT2D eigenvalue weighted by Crippen LogP contribution is -1.95. The van der Waals surface area contributed by atoms with Gasteiger partial charge in [-0.3, -0.25) is 0 Å². The van der Waals surface area contributed by atoms with E-state index in [-0.39, 0.29) is 5.56 Å². The van der Waals surface area contributed by atoms with Gasteiger partial charge in [-0.05, 0) is 35.9 Å². The SMILES string of the molecule is Cn1c(SCc2ccc(C#N)cc2)nc2cc(C(=O)O)ccc21. The van der Waals surface area contributed by atoms with Crippen LogP contribution in [0.1, 0.15) is 21.5 Å². The van der Waals surface area contributed by atoms with E-state index < -0.39 is 5.97 Å². The molecule has 2 aromatic carbocycles. The molecule has 0 unspecified atom stereocenters. The Morgan fingerprint density at radius 1 is 1.30 bits per heavy atom. The molecule has 1 heterocycles. The summed E-state index contributed by atoms with van der Waals surface area (Å²) in [4.78, 5) is 15.6. The third-order valence-corrected chi connectivity index (χ3v) is 4.64. The van der Waals surface area contributed by atoms with E-state index in [4.69, 9.17) is 10.4 Å². The number of aromatic nitrogens is 2. The van der Waals surface area contributed by atoms with Crippen LogP contribution in [-0.4, -0.2) is 20.6 Å². The minimum atomic E-state index is -0.954. The molecule has 1 N–H and O–H groups in total. The number of imidazole rings is 1. The van der Waals surface area contributed by atoms with E-state index in [9.17, 15) is 4.79 Å². The van der Waals surface area contributed by atoms with Crippen molar-refractivity contribution in [2.45, 2.75) is 10.9 Å². The molecule has 0 aliphatic rings. The summed E-state index contributed by atoms with van der Waals surface area (Å²) in [6.45, 7) is 0. The third-order valence-electron chi connectivity index (χ3n) is 3.54. The lowest BCUT2D eigenvalue weighted by molar-refractivity contribution is 0.0697. The van der Waals surface area contributed by atoms with Gasteiger partial charge in [-0.25, -0.2) is 9.78 Å². The lowest BCUT2D eigenvalue weighted by Gasteiger charge is -2.02. The van der Waals surface area contributed by atoms with Crippen molar-refractivity contribution in [2.24, 2.45) is 7.05 Å². The number of carboxylic acid groups (broad SMARTS) is 1. The number of nitriles is 1. The maximum absolute atomic E-state index is 11.0. The molecule has 0 aliphatic carbocycles. The van der Waals surface area contributed by atoms with Gasteiger partial charge in [0.05, 0.1) is 28.2 Å². The minimum Gasteiger partial charge on any atom is -0.478 e. The van der Waals surface area contributed by atoms with Crippen LogP contribution in [0.4, 0.5) is 0 Å². The minimum absolute atomic E-state index is 0.235. The van der Waals surface area contributed by atoms with E-state index in [1.54, 1.807) is 42.1 Å². The fraction of sp³-hybridized carbons (Fsp3) is 0.118. The van der Waals surface area contributed by atoms with E-state index in [0.717, 1.165) is 22.0 Å². The van der Waals surface area contributed by atoms with Crippen LogP contribution in [-0.2, 0) is 12.8 Å². The van der Waals surface area contributed by atoms with E-state index in [1.165, 1.54) is 0 Å². The highest BCUT2D eigenvalue weighted by atomic mass is 32.2. The molecule has 0 fully saturated rings. The molecule has 0 saturated carbocycles. The average Bonchev–Trinajstić information content (AvgIpc) is 2.89. The van der Waals surface area contributed by atoms with Crippen molar-refractivity contribution in [1.82, 2.24) is 9.55 Å². The number of benzene rings is 2. The summed E-state index contributed by atoms with van der Waals surface area (Å²) in [5, 5.41) is 18.7. The number of aromatic carboxylic acids is 1. The zero-order valence-electron chi connectivity index (χ0n) is 12.4. The smallest absolute Gasteiger partial charge is 0.335 e. The Bertz CT molecular complexity index is 923. The number of rotatable bonds is 4. The number of nitrogens with zero attached hydrogens (tertiary/aromatic N) is 3. The molecule has 0 radical (unpaired) electrons. The number of thioether (sulfide) groups is 1. The van der Waals surface area contributed by atoms with Crippen molar-refractivity contribution in [2.75, 3.05) is 0 Å². The molecule has 0 atom stereocenters. The first kappa shape index (κ1) is 15.1. The molecule has 0 amide bonds. The highest BCUT2D eigenvalue weighted by molar-refractivity contribution is 7.98. The van der Waals surface area contributed by atoms with Gasteiger partial charge in [-0.2, -0.15) is 5.26 Å². The summed E-state index contributed by atoms with van der Waals surface area (Å²) in [5.41, 5.74) is 3.56. The first-order valence-corrected chi connectivity index (χ1v) is 7.88. The van der Waals surface area contributed by atoms with Gasteiger partial charge < -0.3 is 9.67 Å². The summed E-state index contributed by atoms with van der Waals surface area (Å²) in [7, 11) is 1.91. The van der Waals surface area contributed by atoms with Crippen molar-refractivity contribution in [3.8, 4) is 6.07 Å². The van der Waals surface area contributed by atoms with Crippen LogP contribution in [0.15, 0.2) is 47.6 Å². The molecular formula is C17H13N3O2S. The van der Waals surface area contributed by atoms with Gasteiger partial charge in [-0.1, -0.05) is 23.9 Å². The average molecular weight is 323 g/mol. The predicted molar refractivity (Wildman–Crippen MR) is 88.4 cm³/mol. The Kier molecular flexibility index (Phi) is 4.04. The van der Waals surface area contributed by atoms with Crippen LogP contribution in [0.25, 0.3) is 11.0 Å². The number of aryl methyl sites for hydroxylation is 1. The molecule has 3 aromatic rings. The molecule has 5 nitrogen and oxygen atoms in total. The molecule has 3 rings (SSSR count). The zero-order valence-corrected chi connectivity index (χ0v) is 13.2. The molecule has 0 spiro atoms. The van der Waals surface area contributed by atoms with Gasteiger partial charge in [0.15, 0.2) is 5.16 Å². The van der Waals surface area contributed by atoms with Gasteiger partial charge >= 0.3 is 5.97 Å². The highest BCUT2D eigenvalue weighted by Crippen LogP contribution is 2.26. The van der Waals surface area contributed by atoms with Crippen molar-refractivity contribution >= 4 is 28.8 Å².